The van der Waals surface area contributed by atoms with Crippen molar-refractivity contribution in [3.05, 3.63) is 57.6 Å². The topological polar surface area (TPSA) is 29.5 Å². The van der Waals surface area contributed by atoms with Crippen LogP contribution in [-0.4, -0.2) is 5.11 Å². The Hall–Kier alpha value is -1.38. The zero-order valence-electron chi connectivity index (χ0n) is 9.78. The van der Waals surface area contributed by atoms with E-state index in [0.717, 1.165) is 5.56 Å². The summed E-state index contributed by atoms with van der Waals surface area (Å²) < 4.78 is 5.64. The minimum Gasteiger partial charge on any atom is -0.508 e. The van der Waals surface area contributed by atoms with Gasteiger partial charge in [-0.1, -0.05) is 29.3 Å². The molecule has 0 radical (unpaired) electrons. The van der Waals surface area contributed by atoms with E-state index >= 15 is 0 Å². The van der Waals surface area contributed by atoms with Crippen LogP contribution in [0.2, 0.25) is 10.0 Å². The van der Waals surface area contributed by atoms with E-state index in [1.54, 1.807) is 43.3 Å². The maximum atomic E-state index is 9.57. The summed E-state index contributed by atoms with van der Waals surface area (Å²) in [4.78, 5) is 0. The lowest BCUT2D eigenvalue weighted by Crippen LogP contribution is -1.98. The van der Waals surface area contributed by atoms with Crippen LogP contribution in [0.4, 0.5) is 0 Å². The average Bonchev–Trinajstić information content (AvgIpc) is 2.35. The molecule has 2 aromatic rings. The van der Waals surface area contributed by atoms with Gasteiger partial charge in [-0.15, -0.1) is 0 Å². The number of aromatic hydroxyl groups is 1. The van der Waals surface area contributed by atoms with Crippen LogP contribution in [0.3, 0.4) is 0 Å². The van der Waals surface area contributed by atoms with Crippen LogP contribution in [0.25, 0.3) is 0 Å². The van der Waals surface area contributed by atoms with Gasteiger partial charge in [0.2, 0.25) is 0 Å². The van der Waals surface area contributed by atoms with Crippen molar-refractivity contribution in [1.82, 2.24) is 0 Å². The minimum atomic E-state index is 0.213. The van der Waals surface area contributed by atoms with Crippen molar-refractivity contribution in [2.45, 2.75) is 13.5 Å². The maximum absolute atomic E-state index is 9.57. The van der Waals surface area contributed by atoms with E-state index in [1.165, 1.54) is 0 Å². The molecule has 0 aromatic heterocycles. The minimum absolute atomic E-state index is 0.213. The van der Waals surface area contributed by atoms with Crippen LogP contribution in [0, 0.1) is 6.92 Å². The molecule has 0 atom stereocenters. The van der Waals surface area contributed by atoms with Crippen molar-refractivity contribution in [1.29, 1.82) is 0 Å². The number of hydrogen-bond donors (Lipinski definition) is 1. The Morgan fingerprint density at radius 1 is 1.17 bits per heavy atom. The number of hydrogen-bond acceptors (Lipinski definition) is 2. The van der Waals surface area contributed by atoms with Gasteiger partial charge in [-0.05, 0) is 37.3 Å². The second kappa shape index (κ2) is 5.51. The normalized spacial score (nSPS) is 10.4. The highest BCUT2D eigenvalue weighted by atomic mass is 35.5. The molecule has 0 aliphatic rings. The molecule has 0 unspecified atom stereocenters. The quantitative estimate of drug-likeness (QED) is 0.893. The Kier molecular flexibility index (Phi) is 4.00. The summed E-state index contributed by atoms with van der Waals surface area (Å²) in [5.74, 6) is 0.843. The van der Waals surface area contributed by atoms with Crippen LogP contribution in [0.5, 0.6) is 11.5 Å². The SMILES string of the molecule is Cc1c(O)cccc1OCc1cc(Cl)ccc1Cl. The number of halogens is 2. The highest BCUT2D eigenvalue weighted by Crippen LogP contribution is 2.28. The van der Waals surface area contributed by atoms with E-state index in [1.807, 2.05) is 0 Å². The number of rotatable bonds is 3. The maximum Gasteiger partial charge on any atom is 0.126 e. The first kappa shape index (κ1) is 13.1. The van der Waals surface area contributed by atoms with Crippen LogP contribution in [0.15, 0.2) is 36.4 Å². The lowest BCUT2D eigenvalue weighted by Gasteiger charge is -2.11. The molecule has 1 N–H and O–H groups in total. The zero-order chi connectivity index (χ0) is 13.1. The second-order valence-corrected chi connectivity index (χ2v) is 4.77. The molecule has 0 heterocycles. The van der Waals surface area contributed by atoms with Crippen LogP contribution < -0.4 is 4.74 Å². The van der Waals surface area contributed by atoms with E-state index in [-0.39, 0.29) is 5.75 Å². The third-order valence-corrected chi connectivity index (χ3v) is 3.25. The molecule has 0 aliphatic carbocycles. The number of ether oxygens (including phenoxy) is 1. The summed E-state index contributed by atoms with van der Waals surface area (Å²) in [6.45, 7) is 2.11. The standard InChI is InChI=1S/C14H12Cl2O2/c1-9-13(17)3-2-4-14(9)18-8-10-7-11(15)5-6-12(10)16/h2-7,17H,8H2,1H3. The van der Waals surface area contributed by atoms with Gasteiger partial charge in [-0.2, -0.15) is 0 Å². The lowest BCUT2D eigenvalue weighted by atomic mass is 10.2. The summed E-state index contributed by atoms with van der Waals surface area (Å²) in [6.07, 6.45) is 0. The number of phenols is 1. The summed E-state index contributed by atoms with van der Waals surface area (Å²) >= 11 is 11.9. The van der Waals surface area contributed by atoms with Gasteiger partial charge in [0.25, 0.3) is 0 Å². The molecule has 0 saturated carbocycles. The van der Waals surface area contributed by atoms with Crippen molar-refractivity contribution < 1.29 is 9.84 Å². The second-order valence-electron chi connectivity index (χ2n) is 3.92. The van der Waals surface area contributed by atoms with Gasteiger partial charge in [-0.3, -0.25) is 0 Å². The first-order valence-corrected chi connectivity index (χ1v) is 6.19. The molecular formula is C14H12Cl2O2. The lowest BCUT2D eigenvalue weighted by molar-refractivity contribution is 0.302. The van der Waals surface area contributed by atoms with Gasteiger partial charge in [0.15, 0.2) is 0 Å². The van der Waals surface area contributed by atoms with Gasteiger partial charge < -0.3 is 9.84 Å². The molecular weight excluding hydrogens is 271 g/mol. The molecule has 2 nitrogen and oxygen atoms in total. The Morgan fingerprint density at radius 3 is 2.72 bits per heavy atom. The molecule has 0 fully saturated rings. The fourth-order valence-corrected chi connectivity index (χ4v) is 1.94. The van der Waals surface area contributed by atoms with Gasteiger partial charge in [0.05, 0.1) is 0 Å². The van der Waals surface area contributed by atoms with Crippen LogP contribution in [-0.2, 0) is 6.61 Å². The molecule has 2 aromatic carbocycles. The predicted molar refractivity (Wildman–Crippen MR) is 73.6 cm³/mol. The zero-order valence-corrected chi connectivity index (χ0v) is 11.3. The van der Waals surface area contributed by atoms with Gasteiger partial charge in [0.1, 0.15) is 18.1 Å². The fraction of sp³-hybridized carbons (Fsp3) is 0.143. The molecule has 0 bridgehead atoms. The monoisotopic (exact) mass is 282 g/mol. The number of phenolic OH excluding ortho intramolecular Hbond substituents is 1. The summed E-state index contributed by atoms with van der Waals surface area (Å²) in [6, 6.07) is 10.4. The molecule has 4 heteroatoms. The largest absolute Gasteiger partial charge is 0.508 e. The molecule has 94 valence electrons. The average molecular weight is 283 g/mol. The van der Waals surface area contributed by atoms with Crippen molar-refractivity contribution in [2.24, 2.45) is 0 Å². The molecule has 2 rings (SSSR count). The molecule has 0 saturated heterocycles. The highest BCUT2D eigenvalue weighted by molar-refractivity contribution is 6.33. The van der Waals surface area contributed by atoms with Crippen molar-refractivity contribution in [3.63, 3.8) is 0 Å². The molecule has 0 amide bonds. The van der Waals surface area contributed by atoms with E-state index < -0.39 is 0 Å². The first-order chi connectivity index (χ1) is 8.58. The Labute approximate surface area is 116 Å². The smallest absolute Gasteiger partial charge is 0.126 e. The first-order valence-electron chi connectivity index (χ1n) is 5.43. The molecule has 0 spiro atoms. The third kappa shape index (κ3) is 2.89. The van der Waals surface area contributed by atoms with Crippen molar-refractivity contribution in [2.75, 3.05) is 0 Å². The van der Waals surface area contributed by atoms with E-state index in [4.69, 9.17) is 27.9 Å². The summed E-state index contributed by atoms with van der Waals surface area (Å²) in [5, 5.41) is 10.8. The third-order valence-electron chi connectivity index (χ3n) is 2.65. The summed E-state index contributed by atoms with van der Waals surface area (Å²) in [7, 11) is 0. The van der Waals surface area contributed by atoms with Crippen LogP contribution >= 0.6 is 23.2 Å². The Morgan fingerprint density at radius 2 is 1.94 bits per heavy atom. The van der Waals surface area contributed by atoms with Crippen molar-refractivity contribution in [3.8, 4) is 11.5 Å². The molecule has 0 aliphatic heterocycles. The van der Waals surface area contributed by atoms with Gasteiger partial charge >= 0.3 is 0 Å². The summed E-state index contributed by atoms with van der Waals surface area (Å²) in [5.41, 5.74) is 1.52. The predicted octanol–water partition coefficient (Wildman–Crippen LogP) is 4.59. The van der Waals surface area contributed by atoms with E-state index in [2.05, 4.69) is 0 Å². The fourth-order valence-electron chi connectivity index (χ4n) is 1.57. The van der Waals surface area contributed by atoms with Crippen molar-refractivity contribution >= 4 is 23.2 Å². The van der Waals surface area contributed by atoms with Gasteiger partial charge in [-0.25, -0.2) is 0 Å². The Bertz CT molecular complexity index is 566. The van der Waals surface area contributed by atoms with E-state index in [0.29, 0.717) is 28.0 Å². The highest BCUT2D eigenvalue weighted by Gasteiger charge is 2.06. The van der Waals surface area contributed by atoms with E-state index in [9.17, 15) is 5.11 Å². The molecule has 18 heavy (non-hydrogen) atoms. The number of benzene rings is 2. The van der Waals surface area contributed by atoms with Gasteiger partial charge in [0, 0.05) is 21.2 Å². The van der Waals surface area contributed by atoms with Crippen LogP contribution in [0.1, 0.15) is 11.1 Å². The Balaban J connectivity index is 2.16.